The first-order chi connectivity index (χ1) is 14.5. The van der Waals surface area contributed by atoms with Crippen molar-refractivity contribution >= 4 is 22.6 Å². The van der Waals surface area contributed by atoms with Crippen LogP contribution in [0.4, 0.5) is 5.69 Å². The van der Waals surface area contributed by atoms with E-state index in [0.29, 0.717) is 36.6 Å². The van der Waals surface area contributed by atoms with Gasteiger partial charge in [-0.05, 0) is 18.2 Å². The molecule has 1 atom stereocenters. The predicted octanol–water partition coefficient (Wildman–Crippen LogP) is 2.38. The van der Waals surface area contributed by atoms with Gasteiger partial charge in [-0.15, -0.1) is 0 Å². The van der Waals surface area contributed by atoms with Gasteiger partial charge in [0.2, 0.25) is 11.8 Å². The molecule has 1 aliphatic rings. The van der Waals surface area contributed by atoms with E-state index in [0.717, 1.165) is 16.9 Å². The molecule has 0 N–H and O–H groups in total. The van der Waals surface area contributed by atoms with E-state index in [9.17, 15) is 4.79 Å². The summed E-state index contributed by atoms with van der Waals surface area (Å²) < 4.78 is 11.8. The van der Waals surface area contributed by atoms with Crippen LogP contribution in [-0.2, 0) is 9.53 Å². The first-order valence-corrected chi connectivity index (χ1v) is 9.90. The second kappa shape index (κ2) is 8.62. The molecule has 8 nitrogen and oxygen atoms in total. The summed E-state index contributed by atoms with van der Waals surface area (Å²) >= 11 is 0. The number of morpholine rings is 1. The van der Waals surface area contributed by atoms with Crippen LogP contribution in [0.2, 0.25) is 0 Å². The lowest BCUT2D eigenvalue weighted by atomic mass is 10.1. The lowest BCUT2D eigenvalue weighted by molar-refractivity contribution is -0.137. The molecule has 0 aliphatic carbocycles. The van der Waals surface area contributed by atoms with Gasteiger partial charge < -0.3 is 19.3 Å². The van der Waals surface area contributed by atoms with Crippen molar-refractivity contribution < 1.29 is 14.3 Å². The van der Waals surface area contributed by atoms with Gasteiger partial charge in [-0.3, -0.25) is 9.78 Å². The van der Waals surface area contributed by atoms with Crippen molar-refractivity contribution in [3.63, 3.8) is 0 Å². The molecular weight excluding hydrogens is 382 g/mol. The number of carbonyl (C=O) groups is 1. The minimum absolute atomic E-state index is 0.0421. The second-order valence-electron chi connectivity index (χ2n) is 7.45. The lowest BCUT2D eigenvalue weighted by Crippen LogP contribution is -2.46. The molecule has 3 heterocycles. The maximum atomic E-state index is 11.7. The molecule has 1 aromatic carbocycles. The summed E-state index contributed by atoms with van der Waals surface area (Å²) in [6, 6.07) is 10.0. The highest BCUT2D eigenvalue weighted by Gasteiger charge is 2.23. The van der Waals surface area contributed by atoms with Gasteiger partial charge in [0.1, 0.15) is 12.7 Å². The molecule has 3 aromatic rings. The van der Waals surface area contributed by atoms with Gasteiger partial charge in [0.05, 0.1) is 24.4 Å². The van der Waals surface area contributed by atoms with E-state index >= 15 is 0 Å². The van der Waals surface area contributed by atoms with E-state index in [1.54, 1.807) is 24.2 Å². The number of carbonyl (C=O) groups excluding carboxylic acids is 1. The Labute approximate surface area is 175 Å². The number of pyridine rings is 1. The third-order valence-corrected chi connectivity index (χ3v) is 5.07. The molecule has 30 heavy (non-hydrogen) atoms. The number of aromatic nitrogens is 3. The van der Waals surface area contributed by atoms with E-state index in [2.05, 4.69) is 16.0 Å². The van der Waals surface area contributed by atoms with Crippen molar-refractivity contribution in [2.75, 3.05) is 45.3 Å². The number of amides is 1. The summed E-state index contributed by atoms with van der Waals surface area (Å²) in [5.41, 5.74) is 4.12. The van der Waals surface area contributed by atoms with E-state index in [1.165, 1.54) is 0 Å². The van der Waals surface area contributed by atoms with Crippen LogP contribution >= 0.6 is 0 Å². The third kappa shape index (κ3) is 4.33. The van der Waals surface area contributed by atoms with Crippen molar-refractivity contribution in [3.05, 3.63) is 42.7 Å². The van der Waals surface area contributed by atoms with Crippen LogP contribution in [-0.4, -0.2) is 72.3 Å². The van der Waals surface area contributed by atoms with Crippen LogP contribution in [0.25, 0.3) is 22.3 Å². The van der Waals surface area contributed by atoms with Gasteiger partial charge in [-0.1, -0.05) is 12.1 Å². The highest BCUT2D eigenvalue weighted by Crippen LogP contribution is 2.29. The van der Waals surface area contributed by atoms with E-state index in [-0.39, 0.29) is 18.6 Å². The summed E-state index contributed by atoms with van der Waals surface area (Å²) in [4.78, 5) is 29.1. The van der Waals surface area contributed by atoms with Gasteiger partial charge in [-0.2, -0.15) is 0 Å². The maximum absolute atomic E-state index is 11.7. The lowest BCUT2D eigenvalue weighted by Gasteiger charge is -2.32. The smallest absolute Gasteiger partial charge is 0.242 e. The van der Waals surface area contributed by atoms with Gasteiger partial charge in [-0.25, -0.2) is 9.97 Å². The number of hydrogen-bond donors (Lipinski definition) is 0. The Hall–Kier alpha value is -3.26. The number of hydrogen-bond acceptors (Lipinski definition) is 7. The fourth-order valence-electron chi connectivity index (χ4n) is 3.41. The summed E-state index contributed by atoms with van der Waals surface area (Å²) in [6.45, 7) is 3.46. The molecule has 0 spiro atoms. The highest BCUT2D eigenvalue weighted by molar-refractivity contribution is 5.83. The first-order valence-electron chi connectivity index (χ1n) is 9.90. The van der Waals surface area contributed by atoms with Crippen molar-refractivity contribution in [1.29, 1.82) is 0 Å². The standard InChI is InChI=1S/C22H25N5O3/c1-15(28)27-9-10-29-18(13-27)14-30-22-21-20(23-7-8-24-21)12-19(25-22)16-5-4-6-17(11-16)26(2)3/h4-8,11-12,18H,9-10,13-14H2,1-3H3/t18-/m0/s1. The number of rotatable bonds is 5. The molecular formula is C22H25N5O3. The third-order valence-electron chi connectivity index (χ3n) is 5.07. The van der Waals surface area contributed by atoms with Gasteiger partial charge >= 0.3 is 0 Å². The van der Waals surface area contributed by atoms with Crippen LogP contribution in [0.5, 0.6) is 5.88 Å². The zero-order valence-corrected chi connectivity index (χ0v) is 17.4. The normalized spacial score (nSPS) is 16.5. The van der Waals surface area contributed by atoms with Crippen molar-refractivity contribution in [1.82, 2.24) is 19.9 Å². The second-order valence-corrected chi connectivity index (χ2v) is 7.45. The van der Waals surface area contributed by atoms with Crippen molar-refractivity contribution in [3.8, 4) is 17.1 Å². The topological polar surface area (TPSA) is 80.7 Å². The molecule has 8 heteroatoms. The summed E-state index contributed by atoms with van der Waals surface area (Å²) in [5, 5.41) is 0. The maximum Gasteiger partial charge on any atom is 0.242 e. The Morgan fingerprint density at radius 2 is 2.10 bits per heavy atom. The Bertz CT molecular complexity index is 1060. The van der Waals surface area contributed by atoms with Crippen LogP contribution in [0.15, 0.2) is 42.7 Å². The molecule has 0 unspecified atom stereocenters. The fraction of sp³-hybridized carbons (Fsp3) is 0.364. The van der Waals surface area contributed by atoms with Crippen LogP contribution in [0.1, 0.15) is 6.92 Å². The van der Waals surface area contributed by atoms with E-state index in [4.69, 9.17) is 14.5 Å². The largest absolute Gasteiger partial charge is 0.473 e. The summed E-state index contributed by atoms with van der Waals surface area (Å²) in [7, 11) is 4.00. The quantitative estimate of drug-likeness (QED) is 0.642. The molecule has 1 fully saturated rings. The molecule has 1 saturated heterocycles. The molecule has 2 aromatic heterocycles. The van der Waals surface area contributed by atoms with Crippen molar-refractivity contribution in [2.45, 2.75) is 13.0 Å². The van der Waals surface area contributed by atoms with Crippen molar-refractivity contribution in [2.24, 2.45) is 0 Å². The summed E-state index contributed by atoms with van der Waals surface area (Å²) in [6.07, 6.45) is 3.07. The molecule has 1 amide bonds. The van der Waals surface area contributed by atoms with Crippen LogP contribution in [0.3, 0.4) is 0 Å². The summed E-state index contributed by atoms with van der Waals surface area (Å²) in [5.74, 6) is 0.454. The number of benzene rings is 1. The molecule has 0 bridgehead atoms. The molecule has 156 valence electrons. The van der Waals surface area contributed by atoms with E-state index in [1.807, 2.05) is 43.3 Å². The van der Waals surface area contributed by atoms with E-state index < -0.39 is 0 Å². The first kappa shape index (κ1) is 20.0. The van der Waals surface area contributed by atoms with Gasteiger partial charge in [0.25, 0.3) is 0 Å². The Morgan fingerprint density at radius 1 is 1.27 bits per heavy atom. The number of fused-ring (bicyclic) bond motifs is 1. The Kier molecular flexibility index (Phi) is 5.76. The average Bonchev–Trinajstić information content (AvgIpc) is 2.77. The molecule has 4 rings (SSSR count). The zero-order chi connectivity index (χ0) is 21.1. The minimum atomic E-state index is -0.211. The SMILES string of the molecule is CC(=O)N1CCO[C@H](COc2nc(-c3cccc(N(C)C)c3)cc3nccnc23)C1. The highest BCUT2D eigenvalue weighted by atomic mass is 16.5. The number of ether oxygens (including phenoxy) is 2. The van der Waals surface area contributed by atoms with Crippen LogP contribution < -0.4 is 9.64 Å². The minimum Gasteiger partial charge on any atom is -0.473 e. The van der Waals surface area contributed by atoms with Gasteiger partial charge in [0, 0.05) is 51.2 Å². The Morgan fingerprint density at radius 3 is 2.90 bits per heavy atom. The number of nitrogens with zero attached hydrogens (tertiary/aromatic N) is 5. The number of anilines is 1. The monoisotopic (exact) mass is 407 g/mol. The average molecular weight is 407 g/mol. The molecule has 0 saturated carbocycles. The van der Waals surface area contributed by atoms with Crippen LogP contribution in [0, 0.1) is 0 Å². The predicted molar refractivity (Wildman–Crippen MR) is 115 cm³/mol. The Balaban J connectivity index is 1.62. The molecule has 1 aliphatic heterocycles. The van der Waals surface area contributed by atoms with Gasteiger partial charge in [0.15, 0.2) is 5.52 Å². The molecule has 0 radical (unpaired) electrons. The zero-order valence-electron chi connectivity index (χ0n) is 17.4. The fourth-order valence-corrected chi connectivity index (χ4v) is 3.41.